The number of aromatic carboxylic acids is 1. The van der Waals surface area contributed by atoms with E-state index in [0.717, 1.165) is 52.3 Å². The highest BCUT2D eigenvalue weighted by Gasteiger charge is 2.45. The summed E-state index contributed by atoms with van der Waals surface area (Å²) in [5, 5.41) is 67.4. The predicted octanol–water partition coefficient (Wildman–Crippen LogP) is 3.50. The average Bonchev–Trinajstić information content (AvgIpc) is 3.74. The Morgan fingerprint density at radius 1 is 0.816 bits per heavy atom. The number of benzene rings is 4. The lowest BCUT2D eigenvalue weighted by atomic mass is 9.70. The van der Waals surface area contributed by atoms with Gasteiger partial charge in [0.1, 0.15) is 0 Å². The third-order valence-electron chi connectivity index (χ3n) is 9.44. The number of rotatable bonds is 1. The van der Waals surface area contributed by atoms with Gasteiger partial charge in [0.05, 0.1) is 17.1 Å². The smallest absolute Gasteiger partial charge is 0.344 e. The van der Waals surface area contributed by atoms with E-state index in [9.17, 15) is 45.3 Å². The topological polar surface area (TPSA) is 229 Å². The first kappa shape index (κ1) is 30.3. The van der Waals surface area contributed by atoms with E-state index >= 15 is 0 Å². The van der Waals surface area contributed by atoms with Gasteiger partial charge in [-0.2, -0.15) is 0 Å². The summed E-state index contributed by atoms with van der Waals surface area (Å²) in [7, 11) is 2.10. The van der Waals surface area contributed by atoms with Gasteiger partial charge in [-0.15, -0.1) is 0 Å². The van der Waals surface area contributed by atoms with E-state index in [0.29, 0.717) is 12.5 Å². The molecule has 0 spiro atoms. The maximum absolute atomic E-state index is 11.9. The Morgan fingerprint density at radius 2 is 1.51 bits per heavy atom. The van der Waals surface area contributed by atoms with Gasteiger partial charge in [0.15, 0.2) is 45.8 Å². The zero-order chi connectivity index (χ0) is 34.5. The molecule has 15 nitrogen and oxygen atoms in total. The second kappa shape index (κ2) is 10.7. The molecule has 49 heavy (non-hydrogen) atoms. The first-order valence-corrected chi connectivity index (χ1v) is 15.0. The van der Waals surface area contributed by atoms with Gasteiger partial charge < -0.3 is 59.1 Å². The van der Waals surface area contributed by atoms with Crippen LogP contribution in [0.15, 0.2) is 45.6 Å². The third-order valence-corrected chi connectivity index (χ3v) is 9.44. The second-order valence-corrected chi connectivity index (χ2v) is 12.1. The quantitative estimate of drug-likeness (QED) is 0.0767. The number of nitrogens with zero attached hydrogens (tertiary/aromatic N) is 1. The van der Waals surface area contributed by atoms with Crippen LogP contribution in [0.2, 0.25) is 0 Å². The number of phenolic OH excluding ortho intramolecular Hbond substituents is 5. The van der Waals surface area contributed by atoms with E-state index in [-0.39, 0.29) is 25.5 Å². The van der Waals surface area contributed by atoms with Crippen LogP contribution in [0.3, 0.4) is 0 Å². The largest absolute Gasteiger partial charge is 0.504 e. The molecule has 5 aromatic rings. The molecule has 4 aromatic carbocycles. The first-order valence-electron chi connectivity index (χ1n) is 15.0. The molecule has 0 amide bonds. The fraction of sp³-hybridized carbons (Fsp3) is 0.235. The Kier molecular flexibility index (Phi) is 6.63. The highest BCUT2D eigenvalue weighted by molar-refractivity contribution is 6.18. The predicted molar refractivity (Wildman–Crippen MR) is 167 cm³/mol. The maximum Gasteiger partial charge on any atom is 0.344 e. The van der Waals surface area contributed by atoms with E-state index in [1.165, 1.54) is 5.56 Å². The van der Waals surface area contributed by atoms with Crippen LogP contribution in [0.5, 0.6) is 51.7 Å². The molecule has 3 atom stereocenters. The molecule has 15 heteroatoms. The summed E-state index contributed by atoms with van der Waals surface area (Å²) in [5.41, 5.74) is 2.25. The molecule has 3 aliphatic heterocycles. The number of aliphatic hydroxyl groups excluding tert-OH is 1. The van der Waals surface area contributed by atoms with Crippen LogP contribution >= 0.6 is 0 Å². The summed E-state index contributed by atoms with van der Waals surface area (Å²) < 4.78 is 27.2. The number of phenols is 5. The van der Waals surface area contributed by atoms with E-state index in [1.54, 1.807) is 0 Å². The molecule has 4 aliphatic rings. The lowest BCUT2D eigenvalue weighted by Gasteiger charge is -2.46. The lowest BCUT2D eigenvalue weighted by molar-refractivity contribution is 0.0591. The standard InChI is InChI=1S/C20H19NO5.C14H8O9/c1-21-7-13-11(2-3-15-20(13)26-9-23-15)18-14(22)4-10-5-16-17(25-8-24-16)6-12(10)19(18)21;15-5-2-4-7(11(19)9(5)17)8-3(13(20)21)1-6(16)10(18)12(8)23-14(4)22/h2-3,5-6,14,18-19,22H,4,7-9H2,1H3;1-2,15-19H,(H,20,21). The molecular formula is C34H27NO14. The molecule has 0 saturated carbocycles. The fourth-order valence-corrected chi connectivity index (χ4v) is 7.32. The molecule has 3 unspecified atom stereocenters. The van der Waals surface area contributed by atoms with Crippen molar-refractivity contribution in [3.63, 3.8) is 0 Å². The number of hydrogen-bond donors (Lipinski definition) is 7. The Bertz CT molecular complexity index is 2310. The van der Waals surface area contributed by atoms with Crippen molar-refractivity contribution in [3.8, 4) is 51.7 Å². The summed E-state index contributed by atoms with van der Waals surface area (Å²) >= 11 is 0. The monoisotopic (exact) mass is 673 g/mol. The fourth-order valence-electron chi connectivity index (χ4n) is 7.32. The van der Waals surface area contributed by atoms with Crippen LogP contribution in [-0.4, -0.2) is 73.4 Å². The van der Waals surface area contributed by atoms with Gasteiger partial charge in [-0.05, 0) is 60.5 Å². The molecule has 4 heterocycles. The molecular weight excluding hydrogens is 646 g/mol. The summed E-state index contributed by atoms with van der Waals surface area (Å²) in [6.07, 6.45) is 0.143. The number of carbonyl (C=O) groups is 1. The van der Waals surface area contributed by atoms with Gasteiger partial charge in [-0.1, -0.05) is 6.07 Å². The first-order chi connectivity index (χ1) is 23.4. The number of hydrogen-bond acceptors (Lipinski definition) is 14. The van der Waals surface area contributed by atoms with E-state index in [1.807, 2.05) is 12.1 Å². The molecule has 0 radical (unpaired) electrons. The highest BCUT2D eigenvalue weighted by atomic mass is 16.7. The second-order valence-electron chi connectivity index (χ2n) is 12.1. The highest BCUT2D eigenvalue weighted by Crippen LogP contribution is 2.54. The van der Waals surface area contributed by atoms with Gasteiger partial charge in [-0.25, -0.2) is 9.59 Å². The van der Waals surface area contributed by atoms with Gasteiger partial charge >= 0.3 is 11.6 Å². The molecule has 1 aliphatic carbocycles. The van der Waals surface area contributed by atoms with Crippen molar-refractivity contribution in [1.82, 2.24) is 4.90 Å². The van der Waals surface area contributed by atoms with Gasteiger partial charge in [0.2, 0.25) is 25.1 Å². The van der Waals surface area contributed by atoms with Crippen LogP contribution in [0, 0.1) is 0 Å². The molecule has 252 valence electrons. The van der Waals surface area contributed by atoms with Crippen molar-refractivity contribution in [1.29, 1.82) is 0 Å². The maximum atomic E-state index is 11.9. The minimum Gasteiger partial charge on any atom is -0.504 e. The number of carboxylic acid groups (broad SMARTS) is 1. The zero-order valence-corrected chi connectivity index (χ0v) is 25.5. The van der Waals surface area contributed by atoms with Crippen LogP contribution in [-0.2, 0) is 13.0 Å². The van der Waals surface area contributed by atoms with Crippen molar-refractivity contribution in [2.24, 2.45) is 0 Å². The van der Waals surface area contributed by atoms with Crippen molar-refractivity contribution in [2.45, 2.75) is 31.0 Å². The molecule has 1 aromatic heterocycles. The number of ether oxygens (including phenoxy) is 4. The summed E-state index contributed by atoms with van der Waals surface area (Å²) in [5.74, 6) is -2.88. The minimum atomic E-state index is -1.55. The molecule has 7 N–H and O–H groups in total. The zero-order valence-electron chi connectivity index (χ0n) is 25.5. The van der Waals surface area contributed by atoms with Crippen molar-refractivity contribution < 1.29 is 63.9 Å². The lowest BCUT2D eigenvalue weighted by Crippen LogP contribution is -2.43. The van der Waals surface area contributed by atoms with Crippen LogP contribution < -0.4 is 24.6 Å². The number of aromatic hydroxyl groups is 5. The number of likely N-dealkylation sites (N-methyl/N-ethyl adjacent to an activating group) is 1. The van der Waals surface area contributed by atoms with Crippen LogP contribution in [0.1, 0.15) is 44.6 Å². The number of fused-ring (bicyclic) bond motifs is 11. The van der Waals surface area contributed by atoms with E-state index in [2.05, 4.69) is 24.1 Å². The van der Waals surface area contributed by atoms with Crippen molar-refractivity contribution in [3.05, 3.63) is 74.6 Å². The number of carboxylic acids is 1. The van der Waals surface area contributed by atoms with E-state index < -0.39 is 73.8 Å². The van der Waals surface area contributed by atoms with Crippen molar-refractivity contribution in [2.75, 3.05) is 20.6 Å². The van der Waals surface area contributed by atoms with Crippen LogP contribution in [0.25, 0.3) is 21.7 Å². The average molecular weight is 674 g/mol. The van der Waals surface area contributed by atoms with E-state index in [4.69, 9.17) is 23.4 Å². The van der Waals surface area contributed by atoms with Gasteiger partial charge in [0, 0.05) is 34.8 Å². The molecule has 0 fully saturated rings. The summed E-state index contributed by atoms with van der Waals surface area (Å²) in [4.78, 5) is 25.6. The Balaban J connectivity index is 0.000000144. The third kappa shape index (κ3) is 4.43. The Hall–Kier alpha value is -6.06. The SMILES string of the molecule is CN1Cc2c(ccc3c2OCO3)C2C(O)Cc3cc4c(cc3C21)OCO4.O=C(O)c1cc(O)c(O)c2oc(=O)c3cc(O)c(O)c(O)c3c12. The van der Waals surface area contributed by atoms with Crippen LogP contribution in [0.4, 0.5) is 0 Å². The molecule has 0 bridgehead atoms. The minimum absolute atomic E-state index is 0.00822. The van der Waals surface area contributed by atoms with Gasteiger partial charge in [0.25, 0.3) is 0 Å². The molecule has 9 rings (SSSR count). The Labute approximate surface area is 274 Å². The summed E-state index contributed by atoms with van der Waals surface area (Å²) in [6.45, 7) is 1.28. The Morgan fingerprint density at radius 3 is 2.27 bits per heavy atom. The summed E-state index contributed by atoms with van der Waals surface area (Å²) in [6, 6.07) is 9.75. The number of aliphatic hydroxyl groups is 1. The normalized spacial score (nSPS) is 19.9. The molecule has 0 saturated heterocycles. The van der Waals surface area contributed by atoms with Gasteiger partial charge in [-0.3, -0.25) is 4.90 Å². The van der Waals surface area contributed by atoms with Crippen molar-refractivity contribution >= 4 is 27.7 Å².